The van der Waals surface area contributed by atoms with Crippen LogP contribution in [0.5, 0.6) is 0 Å². The predicted molar refractivity (Wildman–Crippen MR) is 102 cm³/mol. The fraction of sp³-hybridized carbons (Fsp3) is 0.300. The molecule has 0 unspecified atom stereocenters. The molecular weight excluding hydrogens is 441 g/mol. The zero-order chi connectivity index (χ0) is 23.9. The van der Waals surface area contributed by atoms with Gasteiger partial charge < -0.3 is 14.3 Å². The summed E-state index contributed by atoms with van der Waals surface area (Å²) in [6.45, 7) is 1.15. The molecule has 0 atom stereocenters. The lowest BCUT2D eigenvalue weighted by molar-refractivity contribution is -0.291. The standard InChI is InChI=1S/C20H18F5N3O4/c1-12(16-8-17(27-11-26-16)19(21,22)20(23,24)25)28-32-9-13-6-4-5-7-14(13)15(10-30-2)18(29)31-3/h4-8,10-11H,9H2,1-3H3/b15-10+,28-12+. The van der Waals surface area contributed by atoms with Crippen LogP contribution in [0.15, 0.2) is 48.1 Å². The Bertz CT molecular complexity index is 1020. The van der Waals surface area contributed by atoms with Gasteiger partial charge in [-0.15, -0.1) is 0 Å². The van der Waals surface area contributed by atoms with Gasteiger partial charge in [0.15, 0.2) is 0 Å². The van der Waals surface area contributed by atoms with E-state index in [0.717, 1.165) is 0 Å². The first-order valence-electron chi connectivity index (χ1n) is 8.86. The van der Waals surface area contributed by atoms with Crippen molar-refractivity contribution >= 4 is 17.3 Å². The van der Waals surface area contributed by atoms with E-state index < -0.39 is 23.8 Å². The Kier molecular flexibility index (Phi) is 7.84. The number of nitrogens with zero attached hydrogens (tertiary/aromatic N) is 3. The van der Waals surface area contributed by atoms with Crippen LogP contribution in [0.25, 0.3) is 5.57 Å². The highest BCUT2D eigenvalue weighted by Gasteiger charge is 2.60. The maximum absolute atomic E-state index is 13.5. The third-order valence-corrected chi connectivity index (χ3v) is 4.09. The molecule has 32 heavy (non-hydrogen) atoms. The second-order valence-electron chi connectivity index (χ2n) is 6.23. The summed E-state index contributed by atoms with van der Waals surface area (Å²) >= 11 is 0. The van der Waals surface area contributed by atoms with E-state index in [1.165, 1.54) is 27.4 Å². The minimum absolute atomic E-state index is 0.0651. The molecule has 0 saturated heterocycles. The highest BCUT2D eigenvalue weighted by Crippen LogP contribution is 2.42. The fourth-order valence-electron chi connectivity index (χ4n) is 2.48. The molecule has 1 aromatic carbocycles. The molecule has 172 valence electrons. The van der Waals surface area contributed by atoms with Gasteiger partial charge in [-0.25, -0.2) is 14.8 Å². The average molecular weight is 459 g/mol. The summed E-state index contributed by atoms with van der Waals surface area (Å²) in [5.41, 5.74) is -0.800. The molecule has 0 aliphatic carbocycles. The monoisotopic (exact) mass is 459 g/mol. The third-order valence-electron chi connectivity index (χ3n) is 4.09. The van der Waals surface area contributed by atoms with Crippen molar-refractivity contribution < 1.29 is 41.1 Å². The molecule has 1 heterocycles. The average Bonchev–Trinajstić information content (AvgIpc) is 2.76. The Labute approximate surface area is 179 Å². The number of carbonyl (C=O) groups excluding carboxylic acids is 1. The Morgan fingerprint density at radius 1 is 1.12 bits per heavy atom. The van der Waals surface area contributed by atoms with Gasteiger partial charge in [-0.1, -0.05) is 29.4 Å². The van der Waals surface area contributed by atoms with E-state index in [9.17, 15) is 26.7 Å². The SMILES string of the molecule is CO/C=C(/C(=O)OC)c1ccccc1CO/N=C(\C)c1cc(C(F)(F)C(F)(F)F)ncn1. The molecule has 0 spiro atoms. The second-order valence-corrected chi connectivity index (χ2v) is 6.23. The van der Waals surface area contributed by atoms with Crippen LogP contribution in [0.3, 0.4) is 0 Å². The molecule has 7 nitrogen and oxygen atoms in total. The predicted octanol–water partition coefficient (Wildman–Crippen LogP) is 4.23. The summed E-state index contributed by atoms with van der Waals surface area (Å²) in [5, 5.41) is 3.72. The summed E-state index contributed by atoms with van der Waals surface area (Å²) in [6.07, 6.45) is -4.03. The molecule has 0 amide bonds. The first-order valence-corrected chi connectivity index (χ1v) is 8.86. The van der Waals surface area contributed by atoms with Crippen LogP contribution in [0.1, 0.15) is 29.4 Å². The number of rotatable bonds is 8. The highest BCUT2D eigenvalue weighted by molar-refractivity contribution is 6.16. The summed E-state index contributed by atoms with van der Waals surface area (Å²) in [4.78, 5) is 23.9. The number of methoxy groups -OCH3 is 2. The first-order chi connectivity index (χ1) is 15.0. The van der Waals surface area contributed by atoms with E-state index in [-0.39, 0.29) is 23.6 Å². The molecule has 2 aromatic rings. The van der Waals surface area contributed by atoms with Crippen LogP contribution in [0.4, 0.5) is 22.0 Å². The maximum Gasteiger partial charge on any atom is 0.459 e. The lowest BCUT2D eigenvalue weighted by Gasteiger charge is -2.18. The number of halogens is 5. The highest BCUT2D eigenvalue weighted by atomic mass is 19.4. The smallest absolute Gasteiger partial charge is 0.459 e. The summed E-state index contributed by atoms with van der Waals surface area (Å²) < 4.78 is 74.4. The quantitative estimate of drug-likeness (QED) is 0.147. The van der Waals surface area contributed by atoms with Crippen LogP contribution < -0.4 is 0 Å². The minimum Gasteiger partial charge on any atom is -0.503 e. The van der Waals surface area contributed by atoms with Gasteiger partial charge >= 0.3 is 18.1 Å². The van der Waals surface area contributed by atoms with E-state index >= 15 is 0 Å². The van der Waals surface area contributed by atoms with Crippen LogP contribution in [-0.4, -0.2) is 42.0 Å². The molecule has 0 saturated carbocycles. The van der Waals surface area contributed by atoms with Crippen molar-refractivity contribution in [2.45, 2.75) is 25.6 Å². The van der Waals surface area contributed by atoms with Gasteiger partial charge in [0.2, 0.25) is 0 Å². The summed E-state index contributed by atoms with van der Waals surface area (Å²) in [7, 11) is 2.56. The second kappa shape index (κ2) is 10.2. The number of esters is 1. The van der Waals surface area contributed by atoms with Gasteiger partial charge in [0.25, 0.3) is 0 Å². The molecule has 0 N–H and O–H groups in total. The summed E-state index contributed by atoms with van der Waals surface area (Å²) in [6, 6.07) is 7.09. The number of alkyl halides is 5. The topological polar surface area (TPSA) is 82.9 Å². The third kappa shape index (κ3) is 5.56. The lowest BCUT2D eigenvalue weighted by Crippen LogP contribution is -2.34. The fourth-order valence-corrected chi connectivity index (χ4v) is 2.48. The van der Waals surface area contributed by atoms with Gasteiger partial charge in [0, 0.05) is 5.56 Å². The Hall–Kier alpha value is -3.57. The van der Waals surface area contributed by atoms with Gasteiger partial charge in [-0.3, -0.25) is 0 Å². The van der Waals surface area contributed by atoms with Crippen molar-refractivity contribution in [2.24, 2.45) is 5.16 Å². The van der Waals surface area contributed by atoms with Crippen molar-refractivity contribution in [1.29, 1.82) is 0 Å². The zero-order valence-corrected chi connectivity index (χ0v) is 17.1. The summed E-state index contributed by atoms with van der Waals surface area (Å²) in [5.74, 6) is -5.80. The Morgan fingerprint density at radius 3 is 2.44 bits per heavy atom. The van der Waals surface area contributed by atoms with E-state index in [2.05, 4.69) is 15.1 Å². The molecule has 0 bridgehead atoms. The van der Waals surface area contributed by atoms with Gasteiger partial charge in [0.1, 0.15) is 29.9 Å². The number of hydrogen-bond acceptors (Lipinski definition) is 7. The molecule has 0 aliphatic heterocycles. The number of aromatic nitrogens is 2. The molecule has 0 radical (unpaired) electrons. The van der Waals surface area contributed by atoms with Crippen LogP contribution in [0.2, 0.25) is 0 Å². The Balaban J connectivity index is 2.24. The van der Waals surface area contributed by atoms with Gasteiger partial charge in [-0.05, 0) is 18.6 Å². The largest absolute Gasteiger partial charge is 0.503 e. The number of benzene rings is 1. The van der Waals surface area contributed by atoms with Crippen molar-refractivity contribution in [3.8, 4) is 0 Å². The van der Waals surface area contributed by atoms with Crippen LogP contribution in [-0.2, 0) is 31.6 Å². The Morgan fingerprint density at radius 2 is 1.81 bits per heavy atom. The van der Waals surface area contributed by atoms with Gasteiger partial charge in [-0.2, -0.15) is 22.0 Å². The molecule has 12 heteroatoms. The molecule has 2 rings (SSSR count). The molecule has 1 aromatic heterocycles. The number of carbonyl (C=O) groups is 1. The van der Waals surface area contributed by atoms with E-state index in [1.807, 2.05) is 0 Å². The molecule has 0 fully saturated rings. The van der Waals surface area contributed by atoms with Crippen LogP contribution >= 0.6 is 0 Å². The van der Waals surface area contributed by atoms with E-state index in [1.54, 1.807) is 24.3 Å². The minimum atomic E-state index is -5.81. The first kappa shape index (κ1) is 24.7. The van der Waals surface area contributed by atoms with Crippen molar-refractivity contribution in [2.75, 3.05) is 14.2 Å². The number of ether oxygens (including phenoxy) is 2. The van der Waals surface area contributed by atoms with E-state index in [4.69, 9.17) is 14.3 Å². The van der Waals surface area contributed by atoms with Gasteiger partial charge in [0.05, 0.1) is 26.2 Å². The number of hydrogen-bond donors (Lipinski definition) is 0. The van der Waals surface area contributed by atoms with E-state index in [0.29, 0.717) is 23.5 Å². The van der Waals surface area contributed by atoms with Crippen molar-refractivity contribution in [3.05, 3.63) is 65.4 Å². The molecule has 0 aliphatic rings. The molecular formula is C20H18F5N3O4. The maximum atomic E-state index is 13.5. The lowest BCUT2D eigenvalue weighted by atomic mass is 10.0. The van der Waals surface area contributed by atoms with Crippen molar-refractivity contribution in [1.82, 2.24) is 9.97 Å². The van der Waals surface area contributed by atoms with Crippen molar-refractivity contribution in [3.63, 3.8) is 0 Å². The zero-order valence-electron chi connectivity index (χ0n) is 17.1. The number of oxime groups is 1. The van der Waals surface area contributed by atoms with Crippen LogP contribution in [0, 0.1) is 0 Å². The normalized spacial score (nSPS) is 13.0.